The first-order valence-corrected chi connectivity index (χ1v) is 19.6. The quantitative estimate of drug-likeness (QED) is 0.228. The summed E-state index contributed by atoms with van der Waals surface area (Å²) in [6, 6.07) is 9.09. The van der Waals surface area contributed by atoms with E-state index in [1.807, 2.05) is 9.62 Å². The van der Waals surface area contributed by atoms with Gasteiger partial charge in [0.1, 0.15) is 23.3 Å². The third-order valence-electron chi connectivity index (χ3n) is 9.63. The summed E-state index contributed by atoms with van der Waals surface area (Å²) < 4.78 is 53.0. The molecule has 0 aliphatic carbocycles. The summed E-state index contributed by atoms with van der Waals surface area (Å²) in [5.74, 6) is 6.21. The van der Waals surface area contributed by atoms with E-state index in [9.17, 15) is 32.0 Å². The number of likely N-dealkylation sites (tertiary alicyclic amines) is 1. The number of rotatable bonds is 7. The normalized spacial score (nSPS) is 15.7. The molecular weight excluding hydrogens is 746 g/mol. The lowest BCUT2D eigenvalue weighted by Gasteiger charge is -2.54. The number of nitriles is 1. The number of aromatic nitrogens is 4. The number of fused-ring (bicyclic) bond motifs is 2. The summed E-state index contributed by atoms with van der Waals surface area (Å²) in [5, 5.41) is 12.4. The Morgan fingerprint density at radius 2 is 1.92 bits per heavy atom. The van der Waals surface area contributed by atoms with E-state index < -0.39 is 27.9 Å². The van der Waals surface area contributed by atoms with Gasteiger partial charge in [0.2, 0.25) is 10.0 Å². The summed E-state index contributed by atoms with van der Waals surface area (Å²) in [7, 11) is -3.79. The number of anilines is 1. The topological polar surface area (TPSA) is 154 Å². The van der Waals surface area contributed by atoms with Crippen molar-refractivity contribution in [1.82, 2.24) is 29.1 Å². The maximum absolute atomic E-state index is 14.0. The van der Waals surface area contributed by atoms with Crippen molar-refractivity contribution in [3.63, 3.8) is 0 Å². The van der Waals surface area contributed by atoms with Crippen molar-refractivity contribution in [3.8, 4) is 29.0 Å². The molecule has 0 atom stereocenters. The molecule has 1 aromatic carbocycles. The lowest BCUT2D eigenvalue weighted by atomic mass is 9.72. The summed E-state index contributed by atoms with van der Waals surface area (Å²) in [6.07, 6.45) is 3.10. The van der Waals surface area contributed by atoms with E-state index in [1.54, 1.807) is 41.5 Å². The molecule has 0 bridgehead atoms. The first kappa shape index (κ1) is 36.4. The number of amides is 1. The minimum atomic E-state index is -3.79. The van der Waals surface area contributed by atoms with Crippen LogP contribution in [0.4, 0.5) is 14.6 Å². The Morgan fingerprint density at radius 3 is 2.62 bits per heavy atom. The summed E-state index contributed by atoms with van der Waals surface area (Å²) >= 11 is 7.64. The molecule has 5 aromatic rings. The van der Waals surface area contributed by atoms with Gasteiger partial charge in [0.15, 0.2) is 0 Å². The highest BCUT2D eigenvalue weighted by molar-refractivity contribution is 7.89. The predicted octanol–water partition coefficient (Wildman–Crippen LogP) is 4.81. The molecule has 0 radical (unpaired) electrons. The van der Waals surface area contributed by atoms with Crippen LogP contribution >= 0.6 is 22.9 Å². The number of hydrogen-bond acceptors (Lipinski definition) is 11. The van der Waals surface area contributed by atoms with Crippen molar-refractivity contribution >= 4 is 65.8 Å². The van der Waals surface area contributed by atoms with E-state index >= 15 is 0 Å². The number of alkyl halides is 2. The molecule has 2 aliphatic rings. The Bertz CT molecular complexity index is 2580. The van der Waals surface area contributed by atoms with Gasteiger partial charge in [-0.15, -0.1) is 11.3 Å². The molecule has 0 unspecified atom stereocenters. The maximum atomic E-state index is 14.0. The zero-order chi connectivity index (χ0) is 37.7. The van der Waals surface area contributed by atoms with Crippen LogP contribution in [0.2, 0.25) is 5.02 Å². The highest BCUT2D eigenvalue weighted by Gasteiger charge is 2.45. The molecule has 2 saturated heterocycles. The van der Waals surface area contributed by atoms with Crippen LogP contribution in [0, 0.1) is 35.5 Å². The average molecular weight is 777 g/mol. The molecular formula is C36H31ClF2N8O4S2. The molecule has 2 aliphatic heterocycles. The Kier molecular flexibility index (Phi) is 9.67. The van der Waals surface area contributed by atoms with Crippen molar-refractivity contribution in [3.05, 3.63) is 79.9 Å². The summed E-state index contributed by atoms with van der Waals surface area (Å²) in [5.41, 5.74) is 2.32. The summed E-state index contributed by atoms with van der Waals surface area (Å²) in [4.78, 5) is 43.9. The lowest BCUT2D eigenvalue weighted by molar-refractivity contribution is -0.0487. The van der Waals surface area contributed by atoms with Gasteiger partial charge in [-0.05, 0) is 49.4 Å². The van der Waals surface area contributed by atoms with Gasteiger partial charge in [0.25, 0.3) is 17.9 Å². The number of carbonyl (C=O) groups excluding carboxylic acids is 1. The monoisotopic (exact) mass is 776 g/mol. The third-order valence-corrected chi connectivity index (χ3v) is 11.4. The van der Waals surface area contributed by atoms with E-state index in [-0.39, 0.29) is 35.0 Å². The number of carbonyl (C=O) groups is 1. The fourth-order valence-electron chi connectivity index (χ4n) is 7.17. The van der Waals surface area contributed by atoms with Crippen LogP contribution in [0.25, 0.3) is 32.2 Å². The van der Waals surface area contributed by atoms with Gasteiger partial charge >= 0.3 is 0 Å². The van der Waals surface area contributed by atoms with Crippen LogP contribution in [0.5, 0.6) is 0 Å². The van der Waals surface area contributed by atoms with Crippen LogP contribution in [0.15, 0.2) is 46.8 Å². The number of sulfonamides is 1. The second-order valence-corrected chi connectivity index (χ2v) is 16.4. The van der Waals surface area contributed by atoms with E-state index in [2.05, 4.69) is 32.9 Å². The highest BCUT2D eigenvalue weighted by Crippen LogP contribution is 2.42. The SMILES string of the molecule is Cc1nc2cnc(N3CCC4(CC3)CN(CC(F)F)C4)c(C#N)c2c(=O)n1CC#Cc1ccc(Cl)cc1-c1ccnc2c(C(=O)NS(C)(=O)=O)csc12. The lowest BCUT2D eigenvalue weighted by Crippen LogP contribution is -2.61. The van der Waals surface area contributed by atoms with Gasteiger partial charge in [-0.3, -0.25) is 24.0 Å². The minimum Gasteiger partial charge on any atom is -0.355 e. The molecule has 6 heterocycles. The van der Waals surface area contributed by atoms with Crippen molar-refractivity contribution in [2.24, 2.45) is 5.41 Å². The predicted molar refractivity (Wildman–Crippen MR) is 199 cm³/mol. The van der Waals surface area contributed by atoms with Crippen LogP contribution in [-0.2, 0) is 16.6 Å². The van der Waals surface area contributed by atoms with Gasteiger partial charge in [-0.2, -0.15) is 5.26 Å². The van der Waals surface area contributed by atoms with Crippen LogP contribution in [0.1, 0.15) is 40.2 Å². The number of benzene rings is 1. The number of piperidine rings is 1. The second-order valence-electron chi connectivity index (χ2n) is 13.3. The number of halogens is 3. The fraction of sp³-hybridized carbons (Fsp3) is 0.333. The molecule has 12 nitrogen and oxygen atoms in total. The molecule has 7 rings (SSSR count). The first-order chi connectivity index (χ1) is 25.3. The number of thiophene rings is 1. The van der Waals surface area contributed by atoms with Crippen molar-refractivity contribution in [1.29, 1.82) is 5.26 Å². The molecule has 2 fully saturated rings. The molecule has 17 heteroatoms. The largest absolute Gasteiger partial charge is 0.355 e. The number of hydrogen-bond donors (Lipinski definition) is 1. The Morgan fingerprint density at radius 1 is 1.17 bits per heavy atom. The first-order valence-electron chi connectivity index (χ1n) is 16.5. The number of pyridine rings is 2. The van der Waals surface area contributed by atoms with Gasteiger partial charge in [0, 0.05) is 59.5 Å². The van der Waals surface area contributed by atoms with Gasteiger partial charge < -0.3 is 4.90 Å². The molecule has 4 aromatic heterocycles. The van der Waals surface area contributed by atoms with Crippen LogP contribution < -0.4 is 15.2 Å². The van der Waals surface area contributed by atoms with E-state index in [0.717, 1.165) is 19.1 Å². The van der Waals surface area contributed by atoms with Gasteiger partial charge in [-0.1, -0.05) is 23.4 Å². The number of nitrogens with one attached hydrogen (secondary N) is 1. The molecule has 272 valence electrons. The number of aryl methyl sites for hydroxylation is 1. The molecule has 0 saturated carbocycles. The third kappa shape index (κ3) is 7.20. The fourth-order valence-corrected chi connectivity index (χ4v) is 8.82. The van der Waals surface area contributed by atoms with Crippen molar-refractivity contribution < 1.29 is 22.0 Å². The van der Waals surface area contributed by atoms with E-state index in [1.165, 1.54) is 28.3 Å². The van der Waals surface area contributed by atoms with E-state index in [4.69, 9.17) is 11.6 Å². The zero-order valence-corrected chi connectivity index (χ0v) is 30.9. The standard InChI is InChI=1S/C36H31ClF2N8O4S2/c1-21-43-28-16-42-33(46-12-8-36(9-13-46)19-45(20-36)17-29(38)39)26(15-40)30(28)35(49)47(21)11-3-4-22-5-6-23(37)14-25(22)24-7-10-41-31-27(18-52-32(24)31)34(48)44-53(2,50)51/h5-7,10,14,16,18,29H,8-9,11-13,17,19-20H2,1-2H3,(H,44,48). The highest BCUT2D eigenvalue weighted by atomic mass is 35.5. The smallest absolute Gasteiger partial charge is 0.267 e. The van der Waals surface area contributed by atoms with Gasteiger partial charge in [-0.25, -0.2) is 31.9 Å². The Hall–Kier alpha value is -5.00. The molecule has 1 amide bonds. The second kappa shape index (κ2) is 14.1. The Balaban J connectivity index is 1.18. The zero-order valence-electron chi connectivity index (χ0n) is 28.5. The Labute approximate surface area is 312 Å². The molecule has 1 N–H and O–H groups in total. The van der Waals surface area contributed by atoms with Gasteiger partial charge in [0.05, 0.1) is 52.2 Å². The molecule has 53 heavy (non-hydrogen) atoms. The maximum Gasteiger partial charge on any atom is 0.267 e. The number of nitrogens with zero attached hydrogens (tertiary/aromatic N) is 7. The average Bonchev–Trinajstić information content (AvgIpc) is 3.53. The molecule has 1 spiro atoms. The van der Waals surface area contributed by atoms with Crippen molar-refractivity contribution in [2.45, 2.75) is 32.7 Å². The minimum absolute atomic E-state index is 0.0181. The summed E-state index contributed by atoms with van der Waals surface area (Å²) in [6.45, 7) is 3.84. The van der Waals surface area contributed by atoms with Crippen LogP contribution in [-0.4, -0.2) is 84.1 Å². The van der Waals surface area contributed by atoms with E-state index in [0.29, 0.717) is 75.3 Å². The van der Waals surface area contributed by atoms with Crippen LogP contribution in [0.3, 0.4) is 0 Å². The van der Waals surface area contributed by atoms with Crippen molar-refractivity contribution in [2.75, 3.05) is 43.9 Å².